The van der Waals surface area contributed by atoms with Crippen LogP contribution in [0.25, 0.3) is 0 Å². The third-order valence-corrected chi connectivity index (χ3v) is 4.00. The lowest BCUT2D eigenvalue weighted by Crippen LogP contribution is -2.32. The average molecular weight is 339 g/mol. The normalized spacial score (nSPS) is 11.6. The fourth-order valence-electron chi connectivity index (χ4n) is 2.38. The Morgan fingerprint density at radius 1 is 1.12 bits per heavy atom. The van der Waals surface area contributed by atoms with Gasteiger partial charge in [0.1, 0.15) is 0 Å². The topological polar surface area (TPSA) is 71.1 Å². The molecule has 5 heteroatoms. The Morgan fingerprint density at radius 3 is 2.60 bits per heavy atom. The zero-order valence-corrected chi connectivity index (χ0v) is 14.8. The molecule has 2 N–H and O–H groups in total. The number of nitrogens with one attached hydrogen (secondary N) is 2. The summed E-state index contributed by atoms with van der Waals surface area (Å²) >= 11 is 0. The van der Waals surface area contributed by atoms with Gasteiger partial charge in [-0.3, -0.25) is 14.6 Å². The van der Waals surface area contributed by atoms with E-state index in [-0.39, 0.29) is 17.9 Å². The minimum atomic E-state index is -0.168. The molecule has 1 heterocycles. The first-order valence-electron chi connectivity index (χ1n) is 8.69. The van der Waals surface area contributed by atoms with Gasteiger partial charge < -0.3 is 10.6 Å². The number of carbonyl (C=O) groups is 2. The van der Waals surface area contributed by atoms with Crippen molar-refractivity contribution in [1.82, 2.24) is 10.3 Å². The molecule has 0 bridgehead atoms. The van der Waals surface area contributed by atoms with Gasteiger partial charge in [0.05, 0.1) is 11.3 Å². The predicted octanol–water partition coefficient (Wildman–Crippen LogP) is 3.57. The summed E-state index contributed by atoms with van der Waals surface area (Å²) in [6.45, 7) is 3.97. The standard InChI is InChI=1S/C20H25N3O2/c1-3-15(2)22-20(25)17-11-4-5-12-18(17)23-19(24)13-8-10-16-9-6-7-14-21-16/h4-7,9,11-12,14-15H,3,8,10,13H2,1-2H3,(H,22,25)(H,23,24)/t15-/m0/s1. The van der Waals surface area contributed by atoms with Crippen LogP contribution in [-0.4, -0.2) is 22.8 Å². The Hall–Kier alpha value is -2.69. The maximum atomic E-state index is 12.3. The number of anilines is 1. The Labute approximate surface area is 148 Å². The molecule has 0 aliphatic carbocycles. The van der Waals surface area contributed by atoms with Crippen LogP contribution in [0.1, 0.15) is 49.2 Å². The maximum absolute atomic E-state index is 12.3. The molecule has 0 spiro atoms. The maximum Gasteiger partial charge on any atom is 0.253 e. The molecule has 0 fully saturated rings. The highest BCUT2D eigenvalue weighted by Crippen LogP contribution is 2.16. The highest BCUT2D eigenvalue weighted by molar-refractivity contribution is 6.03. The van der Waals surface area contributed by atoms with Crippen molar-refractivity contribution in [2.45, 2.75) is 45.6 Å². The van der Waals surface area contributed by atoms with Crippen LogP contribution in [0.2, 0.25) is 0 Å². The minimum Gasteiger partial charge on any atom is -0.350 e. The molecule has 0 radical (unpaired) electrons. The number of carbonyl (C=O) groups excluding carboxylic acids is 2. The number of aromatic nitrogens is 1. The van der Waals surface area contributed by atoms with Crippen LogP contribution >= 0.6 is 0 Å². The van der Waals surface area contributed by atoms with Crippen molar-refractivity contribution in [2.75, 3.05) is 5.32 Å². The Morgan fingerprint density at radius 2 is 1.88 bits per heavy atom. The quantitative estimate of drug-likeness (QED) is 0.772. The van der Waals surface area contributed by atoms with Crippen molar-refractivity contribution in [1.29, 1.82) is 0 Å². The molecular formula is C20H25N3O2. The molecule has 1 atom stereocenters. The number of nitrogens with zero attached hydrogens (tertiary/aromatic N) is 1. The van der Waals surface area contributed by atoms with Crippen LogP contribution in [0.15, 0.2) is 48.7 Å². The van der Waals surface area contributed by atoms with Crippen LogP contribution in [0.5, 0.6) is 0 Å². The van der Waals surface area contributed by atoms with Crippen molar-refractivity contribution in [3.63, 3.8) is 0 Å². The van der Waals surface area contributed by atoms with Crippen molar-refractivity contribution in [3.8, 4) is 0 Å². The van der Waals surface area contributed by atoms with Crippen molar-refractivity contribution in [2.24, 2.45) is 0 Å². The van der Waals surface area contributed by atoms with Gasteiger partial charge in [-0.15, -0.1) is 0 Å². The fraction of sp³-hybridized carbons (Fsp3) is 0.350. The lowest BCUT2D eigenvalue weighted by molar-refractivity contribution is -0.116. The van der Waals surface area contributed by atoms with Gasteiger partial charge in [0.2, 0.25) is 5.91 Å². The van der Waals surface area contributed by atoms with Crippen LogP contribution in [0, 0.1) is 0 Å². The molecule has 0 saturated carbocycles. The average Bonchev–Trinajstić information content (AvgIpc) is 2.62. The minimum absolute atomic E-state index is 0.0923. The molecule has 25 heavy (non-hydrogen) atoms. The summed E-state index contributed by atoms with van der Waals surface area (Å²) in [5.74, 6) is -0.265. The molecule has 5 nitrogen and oxygen atoms in total. The fourth-order valence-corrected chi connectivity index (χ4v) is 2.38. The van der Waals surface area contributed by atoms with Gasteiger partial charge >= 0.3 is 0 Å². The van der Waals surface area contributed by atoms with E-state index in [1.807, 2.05) is 38.1 Å². The number of hydrogen-bond donors (Lipinski definition) is 2. The van der Waals surface area contributed by atoms with E-state index in [9.17, 15) is 9.59 Å². The van der Waals surface area contributed by atoms with Gasteiger partial charge in [-0.05, 0) is 50.5 Å². The highest BCUT2D eigenvalue weighted by Gasteiger charge is 2.14. The molecule has 2 aromatic rings. The smallest absolute Gasteiger partial charge is 0.253 e. The molecule has 1 aromatic carbocycles. The van der Waals surface area contributed by atoms with Crippen molar-refractivity contribution in [3.05, 3.63) is 59.9 Å². The molecule has 0 aliphatic heterocycles. The van der Waals surface area contributed by atoms with Gasteiger partial charge in [0, 0.05) is 24.4 Å². The molecular weight excluding hydrogens is 314 g/mol. The van der Waals surface area contributed by atoms with Crippen LogP contribution in [-0.2, 0) is 11.2 Å². The van der Waals surface area contributed by atoms with Gasteiger partial charge in [-0.2, -0.15) is 0 Å². The number of pyridine rings is 1. The van der Waals surface area contributed by atoms with E-state index in [2.05, 4.69) is 15.6 Å². The van der Waals surface area contributed by atoms with Gasteiger partial charge in [0.15, 0.2) is 0 Å². The number of benzene rings is 1. The van der Waals surface area contributed by atoms with E-state index in [0.29, 0.717) is 24.1 Å². The molecule has 2 amide bonds. The van der Waals surface area contributed by atoms with E-state index in [0.717, 1.165) is 18.5 Å². The third kappa shape index (κ3) is 6.03. The summed E-state index contributed by atoms with van der Waals surface area (Å²) in [5.41, 5.74) is 2.01. The van der Waals surface area contributed by atoms with Gasteiger partial charge in [-0.1, -0.05) is 25.1 Å². The summed E-state index contributed by atoms with van der Waals surface area (Å²) in [6, 6.07) is 12.9. The van der Waals surface area contributed by atoms with Crippen LogP contribution in [0.3, 0.4) is 0 Å². The first-order valence-corrected chi connectivity index (χ1v) is 8.69. The first kappa shape index (κ1) is 18.6. The second kappa shape index (κ2) is 9.57. The molecule has 0 unspecified atom stereocenters. The number of para-hydroxylation sites is 1. The number of hydrogen-bond acceptors (Lipinski definition) is 3. The summed E-state index contributed by atoms with van der Waals surface area (Å²) in [5, 5.41) is 5.77. The molecule has 132 valence electrons. The van der Waals surface area contributed by atoms with E-state index in [1.54, 1.807) is 24.4 Å². The van der Waals surface area contributed by atoms with E-state index in [4.69, 9.17) is 0 Å². The Kier molecular flexibility index (Phi) is 7.14. The number of aryl methyl sites for hydroxylation is 1. The molecule has 2 rings (SSSR count). The number of rotatable bonds is 8. The zero-order valence-electron chi connectivity index (χ0n) is 14.8. The summed E-state index contributed by atoms with van der Waals surface area (Å²) in [7, 11) is 0. The van der Waals surface area contributed by atoms with Crippen molar-refractivity contribution < 1.29 is 9.59 Å². The second-order valence-electron chi connectivity index (χ2n) is 6.05. The third-order valence-electron chi connectivity index (χ3n) is 4.00. The number of amides is 2. The van der Waals surface area contributed by atoms with Crippen LogP contribution < -0.4 is 10.6 Å². The van der Waals surface area contributed by atoms with E-state index < -0.39 is 0 Å². The largest absolute Gasteiger partial charge is 0.350 e. The van der Waals surface area contributed by atoms with Gasteiger partial charge in [0.25, 0.3) is 5.91 Å². The molecule has 0 aliphatic rings. The lowest BCUT2D eigenvalue weighted by atomic mass is 10.1. The Balaban J connectivity index is 1.91. The Bertz CT molecular complexity index is 701. The van der Waals surface area contributed by atoms with Crippen LogP contribution in [0.4, 0.5) is 5.69 Å². The van der Waals surface area contributed by atoms with Gasteiger partial charge in [-0.25, -0.2) is 0 Å². The zero-order chi connectivity index (χ0) is 18.1. The summed E-state index contributed by atoms with van der Waals surface area (Å²) < 4.78 is 0. The molecule has 1 aromatic heterocycles. The highest BCUT2D eigenvalue weighted by atomic mass is 16.2. The first-order chi connectivity index (χ1) is 12.1. The lowest BCUT2D eigenvalue weighted by Gasteiger charge is -2.14. The van der Waals surface area contributed by atoms with E-state index >= 15 is 0 Å². The summed E-state index contributed by atoms with van der Waals surface area (Å²) in [4.78, 5) is 28.8. The monoisotopic (exact) mass is 339 g/mol. The SMILES string of the molecule is CC[C@H](C)NC(=O)c1ccccc1NC(=O)CCCc1ccccn1. The molecule has 0 saturated heterocycles. The van der Waals surface area contributed by atoms with Crippen molar-refractivity contribution >= 4 is 17.5 Å². The van der Waals surface area contributed by atoms with E-state index in [1.165, 1.54) is 0 Å². The summed E-state index contributed by atoms with van der Waals surface area (Å²) in [6.07, 6.45) is 4.46. The second-order valence-corrected chi connectivity index (χ2v) is 6.05. The predicted molar refractivity (Wildman–Crippen MR) is 99.5 cm³/mol.